The van der Waals surface area contributed by atoms with E-state index < -0.39 is 0 Å². The van der Waals surface area contributed by atoms with Crippen LogP contribution in [0.25, 0.3) is 0 Å². The van der Waals surface area contributed by atoms with E-state index in [1.54, 1.807) is 0 Å². The highest BCUT2D eigenvalue weighted by molar-refractivity contribution is 6.30. The van der Waals surface area contributed by atoms with Gasteiger partial charge in [-0.2, -0.15) is 0 Å². The molecule has 1 aromatic carbocycles. The first-order chi connectivity index (χ1) is 12.1. The van der Waals surface area contributed by atoms with Gasteiger partial charge in [-0.3, -0.25) is 4.79 Å². The highest BCUT2D eigenvalue weighted by atomic mass is 35.5. The zero-order valence-corrected chi connectivity index (χ0v) is 15.2. The van der Waals surface area contributed by atoms with Gasteiger partial charge in [0, 0.05) is 36.3 Å². The number of nitrogens with zero attached hydrogens (tertiary/aromatic N) is 3. The molecule has 0 saturated carbocycles. The van der Waals surface area contributed by atoms with Crippen molar-refractivity contribution in [1.29, 1.82) is 0 Å². The van der Waals surface area contributed by atoms with Crippen molar-refractivity contribution in [1.82, 2.24) is 15.3 Å². The van der Waals surface area contributed by atoms with E-state index in [9.17, 15) is 4.79 Å². The molecule has 1 aliphatic rings. The number of carbonyl (C=O) groups is 1. The van der Waals surface area contributed by atoms with E-state index in [0.717, 1.165) is 30.2 Å². The second-order valence-electron chi connectivity index (χ2n) is 6.38. The Morgan fingerprint density at radius 3 is 2.80 bits per heavy atom. The van der Waals surface area contributed by atoms with Crippen LogP contribution in [0.2, 0.25) is 5.02 Å². The molecule has 5 nitrogen and oxygen atoms in total. The van der Waals surface area contributed by atoms with Gasteiger partial charge in [0.2, 0.25) is 5.91 Å². The van der Waals surface area contributed by atoms with Gasteiger partial charge in [-0.1, -0.05) is 23.7 Å². The van der Waals surface area contributed by atoms with Crippen LogP contribution in [-0.4, -0.2) is 29.0 Å². The molecular formula is C19H23ClN4O. The van der Waals surface area contributed by atoms with Gasteiger partial charge in [0.05, 0.1) is 6.54 Å². The fourth-order valence-corrected chi connectivity index (χ4v) is 3.23. The lowest BCUT2D eigenvalue weighted by Gasteiger charge is -2.17. The van der Waals surface area contributed by atoms with E-state index in [2.05, 4.69) is 20.2 Å². The third-order valence-corrected chi connectivity index (χ3v) is 4.53. The molecule has 0 spiro atoms. The van der Waals surface area contributed by atoms with E-state index in [0.29, 0.717) is 30.2 Å². The minimum absolute atomic E-state index is 0.00666. The van der Waals surface area contributed by atoms with Crippen molar-refractivity contribution in [2.45, 2.75) is 39.2 Å². The van der Waals surface area contributed by atoms with E-state index in [1.165, 1.54) is 12.8 Å². The first-order valence-electron chi connectivity index (χ1n) is 8.71. The smallest absolute Gasteiger partial charge is 0.220 e. The molecule has 1 N–H and O–H groups in total. The van der Waals surface area contributed by atoms with Gasteiger partial charge in [-0.15, -0.1) is 0 Å². The van der Waals surface area contributed by atoms with Crippen LogP contribution >= 0.6 is 11.6 Å². The van der Waals surface area contributed by atoms with Gasteiger partial charge >= 0.3 is 0 Å². The van der Waals surface area contributed by atoms with Crippen LogP contribution in [0.4, 0.5) is 5.82 Å². The van der Waals surface area contributed by atoms with Crippen LogP contribution < -0.4 is 10.2 Å². The van der Waals surface area contributed by atoms with Crippen LogP contribution in [-0.2, 0) is 17.8 Å². The summed E-state index contributed by atoms with van der Waals surface area (Å²) >= 11 is 5.96. The van der Waals surface area contributed by atoms with E-state index >= 15 is 0 Å². The summed E-state index contributed by atoms with van der Waals surface area (Å²) in [5.74, 6) is 1.62. The molecule has 2 aromatic rings. The van der Waals surface area contributed by atoms with Crippen LogP contribution in [0.15, 0.2) is 30.3 Å². The average Bonchev–Trinajstić information content (AvgIpc) is 3.12. The summed E-state index contributed by atoms with van der Waals surface area (Å²) in [5.41, 5.74) is 1.99. The highest BCUT2D eigenvalue weighted by Gasteiger charge is 2.15. The Morgan fingerprint density at radius 1 is 1.24 bits per heavy atom. The third kappa shape index (κ3) is 5.16. The molecule has 132 valence electrons. The summed E-state index contributed by atoms with van der Waals surface area (Å²) in [6.07, 6.45) is 3.50. The average molecular weight is 359 g/mol. The van der Waals surface area contributed by atoms with Gasteiger partial charge in [0.15, 0.2) is 0 Å². The Bertz CT molecular complexity index is 744. The van der Waals surface area contributed by atoms with Crippen molar-refractivity contribution in [3.63, 3.8) is 0 Å². The van der Waals surface area contributed by atoms with Gasteiger partial charge in [-0.25, -0.2) is 9.97 Å². The van der Waals surface area contributed by atoms with Crippen LogP contribution in [0.5, 0.6) is 0 Å². The molecule has 2 heterocycles. The van der Waals surface area contributed by atoms with Crippen LogP contribution in [0, 0.1) is 6.92 Å². The van der Waals surface area contributed by atoms with Gasteiger partial charge in [0.1, 0.15) is 11.6 Å². The van der Waals surface area contributed by atoms with E-state index in [4.69, 9.17) is 11.6 Å². The Kier molecular flexibility index (Phi) is 5.87. The second-order valence-corrected chi connectivity index (χ2v) is 6.82. The van der Waals surface area contributed by atoms with E-state index in [-0.39, 0.29) is 5.91 Å². The first kappa shape index (κ1) is 17.7. The van der Waals surface area contributed by atoms with Crippen molar-refractivity contribution in [3.8, 4) is 0 Å². The Balaban J connectivity index is 1.53. The summed E-state index contributed by atoms with van der Waals surface area (Å²) in [7, 11) is 0. The lowest BCUT2D eigenvalue weighted by atomic mass is 10.1. The monoisotopic (exact) mass is 358 g/mol. The maximum Gasteiger partial charge on any atom is 0.220 e. The van der Waals surface area contributed by atoms with Crippen molar-refractivity contribution in [3.05, 3.63) is 52.4 Å². The number of nitrogens with one attached hydrogen (secondary N) is 1. The zero-order chi connectivity index (χ0) is 17.6. The van der Waals surface area contributed by atoms with Crippen molar-refractivity contribution < 1.29 is 4.79 Å². The quantitative estimate of drug-likeness (QED) is 0.860. The molecule has 0 radical (unpaired) electrons. The minimum atomic E-state index is -0.00666. The predicted molar refractivity (Wildman–Crippen MR) is 99.8 cm³/mol. The van der Waals surface area contributed by atoms with E-state index in [1.807, 2.05) is 37.3 Å². The summed E-state index contributed by atoms with van der Waals surface area (Å²) in [5, 5.41) is 3.61. The summed E-state index contributed by atoms with van der Waals surface area (Å²) in [6.45, 7) is 4.41. The Labute approximate surface area is 153 Å². The molecule has 1 saturated heterocycles. The minimum Gasteiger partial charge on any atom is -0.357 e. The molecule has 0 aliphatic carbocycles. The number of hydrogen-bond donors (Lipinski definition) is 1. The summed E-state index contributed by atoms with van der Waals surface area (Å²) in [6, 6.07) is 9.61. The summed E-state index contributed by atoms with van der Waals surface area (Å²) < 4.78 is 0. The largest absolute Gasteiger partial charge is 0.357 e. The second kappa shape index (κ2) is 8.30. The number of carbonyl (C=O) groups excluding carboxylic acids is 1. The van der Waals surface area contributed by atoms with Gasteiger partial charge < -0.3 is 10.2 Å². The molecule has 1 aliphatic heterocycles. The topological polar surface area (TPSA) is 58.1 Å². The van der Waals surface area contributed by atoms with Crippen molar-refractivity contribution in [2.75, 3.05) is 18.0 Å². The van der Waals surface area contributed by atoms with Crippen LogP contribution in [0.3, 0.4) is 0 Å². The molecule has 3 rings (SSSR count). The standard InChI is InChI=1S/C19H23ClN4O/c1-14-11-18(24-9-2-3-10-24)23-17(22-14)13-21-19(25)8-7-15-5-4-6-16(20)12-15/h4-6,11-12H,2-3,7-10,13H2,1H3,(H,21,25). The summed E-state index contributed by atoms with van der Waals surface area (Å²) in [4.78, 5) is 23.4. The number of benzene rings is 1. The molecule has 0 unspecified atom stereocenters. The first-order valence-corrected chi connectivity index (χ1v) is 9.08. The number of aryl methyl sites for hydroxylation is 2. The Hall–Kier alpha value is -2.14. The zero-order valence-electron chi connectivity index (χ0n) is 14.5. The lowest BCUT2D eigenvalue weighted by molar-refractivity contribution is -0.121. The van der Waals surface area contributed by atoms with Crippen LogP contribution in [0.1, 0.15) is 36.3 Å². The lowest BCUT2D eigenvalue weighted by Crippen LogP contribution is -2.25. The molecule has 0 atom stereocenters. The molecule has 1 amide bonds. The Morgan fingerprint density at radius 2 is 2.04 bits per heavy atom. The molecule has 0 bridgehead atoms. The molecule has 1 fully saturated rings. The normalized spacial score (nSPS) is 13.9. The number of rotatable bonds is 6. The number of amides is 1. The highest BCUT2D eigenvalue weighted by Crippen LogP contribution is 2.18. The van der Waals surface area contributed by atoms with Gasteiger partial charge in [0.25, 0.3) is 0 Å². The third-order valence-electron chi connectivity index (χ3n) is 4.29. The molecule has 6 heteroatoms. The number of halogens is 1. The number of hydrogen-bond acceptors (Lipinski definition) is 4. The SMILES string of the molecule is Cc1cc(N2CCCC2)nc(CNC(=O)CCc2cccc(Cl)c2)n1. The molecular weight excluding hydrogens is 336 g/mol. The number of aromatic nitrogens is 2. The van der Waals surface area contributed by atoms with Crippen molar-refractivity contribution >= 4 is 23.3 Å². The van der Waals surface area contributed by atoms with Gasteiger partial charge in [-0.05, 0) is 43.9 Å². The fraction of sp³-hybridized carbons (Fsp3) is 0.421. The molecule has 1 aromatic heterocycles. The molecule has 25 heavy (non-hydrogen) atoms. The maximum absolute atomic E-state index is 12.1. The maximum atomic E-state index is 12.1. The number of anilines is 1. The van der Waals surface area contributed by atoms with Crippen molar-refractivity contribution in [2.24, 2.45) is 0 Å². The fourth-order valence-electron chi connectivity index (χ4n) is 3.02. The predicted octanol–water partition coefficient (Wildman–Crippen LogP) is 3.29.